The summed E-state index contributed by atoms with van der Waals surface area (Å²) in [5, 5.41) is 12.8. The highest BCUT2D eigenvalue weighted by Gasteiger charge is 2.26. The zero-order valence-corrected chi connectivity index (χ0v) is 13.0. The average molecular weight is 290 g/mol. The Hall–Kier alpha value is -1.39. The minimum Gasteiger partial charge on any atom is -0.392 e. The van der Waals surface area contributed by atoms with Crippen LogP contribution in [0.25, 0.3) is 0 Å². The number of hydrogen-bond donors (Lipinski definition) is 2. The van der Waals surface area contributed by atoms with E-state index in [0.717, 1.165) is 30.6 Å². The van der Waals surface area contributed by atoms with Crippen LogP contribution in [0.3, 0.4) is 0 Å². The van der Waals surface area contributed by atoms with E-state index < -0.39 is 0 Å². The lowest BCUT2D eigenvalue weighted by Crippen LogP contribution is -2.46. The maximum Gasteiger partial charge on any atom is 0.225 e. The van der Waals surface area contributed by atoms with Gasteiger partial charge in [0.1, 0.15) is 0 Å². The summed E-state index contributed by atoms with van der Waals surface area (Å²) < 4.78 is 0. The number of amides is 1. The maximum absolute atomic E-state index is 12.1. The first-order chi connectivity index (χ1) is 10.1. The predicted octanol–water partition coefficient (Wildman–Crippen LogP) is 2.56. The van der Waals surface area contributed by atoms with Crippen LogP contribution in [-0.4, -0.2) is 41.1 Å². The largest absolute Gasteiger partial charge is 0.392 e. The Morgan fingerprint density at radius 1 is 1.43 bits per heavy atom. The van der Waals surface area contributed by atoms with Crippen molar-refractivity contribution in [2.75, 3.05) is 18.4 Å². The van der Waals surface area contributed by atoms with Gasteiger partial charge in [0.15, 0.2) is 0 Å². The smallest absolute Gasteiger partial charge is 0.225 e. The molecule has 1 heterocycles. The molecule has 21 heavy (non-hydrogen) atoms. The number of hydrogen-bond acceptors (Lipinski definition) is 3. The fourth-order valence-electron chi connectivity index (χ4n) is 3.01. The van der Waals surface area contributed by atoms with Crippen molar-refractivity contribution >= 4 is 11.6 Å². The quantitative estimate of drug-likeness (QED) is 0.876. The lowest BCUT2D eigenvalue weighted by atomic mass is 9.98. The summed E-state index contributed by atoms with van der Waals surface area (Å²) in [5.74, 6) is 0.0409. The molecule has 1 saturated heterocycles. The summed E-state index contributed by atoms with van der Waals surface area (Å²) in [6, 6.07) is 8.00. The predicted molar refractivity (Wildman–Crippen MR) is 85.3 cm³/mol. The van der Waals surface area contributed by atoms with Crippen LogP contribution in [0.1, 0.15) is 38.2 Å². The normalized spacial score (nSPS) is 21.0. The van der Waals surface area contributed by atoms with Crippen LogP contribution >= 0.6 is 0 Å². The first-order valence-corrected chi connectivity index (χ1v) is 7.85. The number of likely N-dealkylation sites (tertiary alicyclic amines) is 1. The van der Waals surface area contributed by atoms with Gasteiger partial charge in [-0.15, -0.1) is 0 Å². The third-order valence-electron chi connectivity index (χ3n) is 4.27. The molecule has 2 atom stereocenters. The van der Waals surface area contributed by atoms with Gasteiger partial charge in [-0.2, -0.15) is 0 Å². The van der Waals surface area contributed by atoms with Crippen LogP contribution in [-0.2, 0) is 4.79 Å². The molecule has 1 fully saturated rings. The van der Waals surface area contributed by atoms with Crippen LogP contribution in [0.2, 0.25) is 0 Å². The zero-order valence-electron chi connectivity index (χ0n) is 13.0. The van der Waals surface area contributed by atoms with E-state index in [-0.39, 0.29) is 18.1 Å². The van der Waals surface area contributed by atoms with E-state index in [1.807, 2.05) is 38.1 Å². The Balaban J connectivity index is 1.84. The zero-order chi connectivity index (χ0) is 15.2. The van der Waals surface area contributed by atoms with Gasteiger partial charge in [-0.1, -0.05) is 24.6 Å². The number of piperidine rings is 1. The van der Waals surface area contributed by atoms with Gasteiger partial charge in [0.25, 0.3) is 0 Å². The lowest BCUT2D eigenvalue weighted by molar-refractivity contribution is -0.116. The topological polar surface area (TPSA) is 52.6 Å². The lowest BCUT2D eigenvalue weighted by Gasteiger charge is -2.37. The van der Waals surface area contributed by atoms with Gasteiger partial charge in [-0.05, 0) is 44.9 Å². The van der Waals surface area contributed by atoms with Gasteiger partial charge in [-0.3, -0.25) is 9.69 Å². The molecule has 1 aliphatic rings. The van der Waals surface area contributed by atoms with E-state index >= 15 is 0 Å². The van der Waals surface area contributed by atoms with Crippen molar-refractivity contribution in [2.24, 2.45) is 0 Å². The summed E-state index contributed by atoms with van der Waals surface area (Å²) in [7, 11) is 0. The van der Waals surface area contributed by atoms with E-state index in [1.54, 1.807) is 0 Å². The molecule has 1 aromatic rings. The minimum atomic E-state index is -0.329. The Bertz CT molecular complexity index is 474. The second-order valence-corrected chi connectivity index (χ2v) is 5.95. The highest BCUT2D eigenvalue weighted by molar-refractivity contribution is 5.91. The molecular formula is C17H26N2O2. The number of nitrogens with one attached hydrogen (secondary N) is 1. The van der Waals surface area contributed by atoms with E-state index in [9.17, 15) is 9.90 Å². The van der Waals surface area contributed by atoms with Crippen molar-refractivity contribution in [2.45, 2.75) is 51.7 Å². The van der Waals surface area contributed by atoms with Gasteiger partial charge >= 0.3 is 0 Å². The summed E-state index contributed by atoms with van der Waals surface area (Å²) in [5.41, 5.74) is 1.96. The summed E-state index contributed by atoms with van der Waals surface area (Å²) in [4.78, 5) is 14.3. The molecule has 0 saturated carbocycles. The van der Waals surface area contributed by atoms with Crippen LogP contribution in [0.5, 0.6) is 0 Å². The molecule has 2 N–H and O–H groups in total. The van der Waals surface area contributed by atoms with Crippen molar-refractivity contribution in [3.8, 4) is 0 Å². The number of para-hydroxylation sites is 1. The molecule has 2 rings (SSSR count). The van der Waals surface area contributed by atoms with Crippen molar-refractivity contribution in [3.63, 3.8) is 0 Å². The van der Waals surface area contributed by atoms with Crippen molar-refractivity contribution in [1.29, 1.82) is 0 Å². The van der Waals surface area contributed by atoms with Gasteiger partial charge < -0.3 is 10.4 Å². The van der Waals surface area contributed by atoms with Crippen LogP contribution in [0.15, 0.2) is 24.3 Å². The second-order valence-electron chi connectivity index (χ2n) is 5.95. The van der Waals surface area contributed by atoms with E-state index in [1.165, 1.54) is 6.42 Å². The molecule has 0 radical (unpaired) electrons. The first-order valence-electron chi connectivity index (χ1n) is 7.85. The van der Waals surface area contributed by atoms with Crippen molar-refractivity contribution in [3.05, 3.63) is 29.8 Å². The van der Waals surface area contributed by atoms with Crippen molar-refractivity contribution in [1.82, 2.24) is 4.90 Å². The van der Waals surface area contributed by atoms with E-state index in [0.29, 0.717) is 13.0 Å². The molecule has 4 nitrogen and oxygen atoms in total. The highest BCUT2D eigenvalue weighted by Crippen LogP contribution is 2.20. The van der Waals surface area contributed by atoms with E-state index in [2.05, 4.69) is 10.2 Å². The molecule has 0 aliphatic carbocycles. The van der Waals surface area contributed by atoms with Crippen LogP contribution < -0.4 is 5.32 Å². The molecule has 0 aromatic heterocycles. The molecule has 1 aliphatic heterocycles. The number of carbonyl (C=O) groups excluding carboxylic acids is 1. The number of rotatable bonds is 5. The Morgan fingerprint density at radius 3 is 2.90 bits per heavy atom. The van der Waals surface area contributed by atoms with Gasteiger partial charge in [-0.25, -0.2) is 0 Å². The minimum absolute atomic E-state index is 0.0409. The summed E-state index contributed by atoms with van der Waals surface area (Å²) >= 11 is 0. The fraction of sp³-hybridized carbons (Fsp3) is 0.588. The Morgan fingerprint density at radius 2 is 2.19 bits per heavy atom. The van der Waals surface area contributed by atoms with E-state index in [4.69, 9.17) is 0 Å². The number of nitrogens with zero attached hydrogens (tertiary/aromatic N) is 1. The SMILES string of the molecule is Cc1ccccc1NC(=O)CCN1CCCCC1C(C)O. The third kappa shape index (κ3) is 4.55. The van der Waals surface area contributed by atoms with Gasteiger partial charge in [0, 0.05) is 24.7 Å². The number of aryl methyl sites for hydroxylation is 1. The Labute approximate surface area is 127 Å². The molecule has 0 bridgehead atoms. The van der Waals surface area contributed by atoms with Crippen LogP contribution in [0, 0.1) is 6.92 Å². The number of carbonyl (C=O) groups is 1. The molecule has 2 unspecified atom stereocenters. The van der Waals surface area contributed by atoms with Gasteiger partial charge in [0.2, 0.25) is 5.91 Å². The molecule has 1 amide bonds. The highest BCUT2D eigenvalue weighted by atomic mass is 16.3. The average Bonchev–Trinajstić information content (AvgIpc) is 2.48. The molecule has 4 heteroatoms. The standard InChI is InChI=1S/C17H26N2O2/c1-13-7-3-4-8-15(13)18-17(21)10-12-19-11-6-5-9-16(19)14(2)20/h3-4,7-8,14,16,20H,5-6,9-12H2,1-2H3,(H,18,21). The number of aliphatic hydroxyl groups excluding tert-OH is 1. The number of benzene rings is 1. The van der Waals surface area contributed by atoms with Crippen molar-refractivity contribution < 1.29 is 9.90 Å². The number of aliphatic hydroxyl groups is 1. The maximum atomic E-state index is 12.1. The third-order valence-corrected chi connectivity index (χ3v) is 4.27. The fourth-order valence-corrected chi connectivity index (χ4v) is 3.01. The summed E-state index contributed by atoms with van der Waals surface area (Å²) in [6.45, 7) is 5.53. The molecule has 1 aromatic carbocycles. The van der Waals surface area contributed by atoms with Crippen LogP contribution in [0.4, 0.5) is 5.69 Å². The monoisotopic (exact) mass is 290 g/mol. The summed E-state index contributed by atoms with van der Waals surface area (Å²) in [6.07, 6.45) is 3.49. The molecule has 116 valence electrons. The van der Waals surface area contributed by atoms with Gasteiger partial charge in [0.05, 0.1) is 6.10 Å². The number of anilines is 1. The Kier molecular flexibility index (Phi) is 5.76. The molecule has 0 spiro atoms. The first kappa shape index (κ1) is 16.0. The second kappa shape index (κ2) is 7.57. The molecular weight excluding hydrogens is 264 g/mol.